The fourth-order valence-corrected chi connectivity index (χ4v) is 3.75. The molecule has 0 radical (unpaired) electrons. The van der Waals surface area contributed by atoms with Crippen LogP contribution in [0.3, 0.4) is 0 Å². The number of rotatable bonds is 5. The summed E-state index contributed by atoms with van der Waals surface area (Å²) < 4.78 is 7.44. The molecule has 0 bridgehead atoms. The van der Waals surface area contributed by atoms with Gasteiger partial charge >= 0.3 is 0 Å². The first kappa shape index (κ1) is 16.5. The zero-order valence-electron chi connectivity index (χ0n) is 15.7. The lowest BCUT2D eigenvalue weighted by atomic mass is 10.2. The van der Waals surface area contributed by atoms with Gasteiger partial charge < -0.3 is 15.4 Å². The predicted molar refractivity (Wildman–Crippen MR) is 104 cm³/mol. The van der Waals surface area contributed by atoms with Crippen LogP contribution in [0.15, 0.2) is 24.4 Å². The van der Waals surface area contributed by atoms with Gasteiger partial charge in [0.05, 0.1) is 19.0 Å². The zero-order valence-corrected chi connectivity index (χ0v) is 15.7. The van der Waals surface area contributed by atoms with Crippen LogP contribution in [0, 0.1) is 6.92 Å². The lowest BCUT2D eigenvalue weighted by molar-refractivity contribution is 0.405. The van der Waals surface area contributed by atoms with Crippen molar-refractivity contribution in [3.63, 3.8) is 0 Å². The summed E-state index contributed by atoms with van der Waals surface area (Å²) in [6, 6.07) is 6.59. The quantitative estimate of drug-likeness (QED) is 0.725. The van der Waals surface area contributed by atoms with E-state index in [2.05, 4.69) is 34.7 Å². The molecule has 0 spiro atoms. The molecule has 4 heterocycles. The maximum absolute atomic E-state index is 5.53. The second-order valence-electron chi connectivity index (χ2n) is 7.53. The number of anilines is 1. The summed E-state index contributed by atoms with van der Waals surface area (Å²) in [5.74, 6) is 2.23. The van der Waals surface area contributed by atoms with Gasteiger partial charge in [-0.05, 0) is 50.4 Å². The Kier molecular flexibility index (Phi) is 3.97. The highest BCUT2D eigenvalue weighted by Crippen LogP contribution is 2.43. The molecule has 1 aliphatic carbocycles. The van der Waals surface area contributed by atoms with Gasteiger partial charge in [0.1, 0.15) is 23.0 Å². The summed E-state index contributed by atoms with van der Waals surface area (Å²) in [6.07, 6.45) is 5.31. The van der Waals surface area contributed by atoms with Crippen LogP contribution < -0.4 is 15.4 Å². The van der Waals surface area contributed by atoms with E-state index >= 15 is 0 Å². The van der Waals surface area contributed by atoms with Gasteiger partial charge in [-0.3, -0.25) is 0 Å². The van der Waals surface area contributed by atoms with Gasteiger partial charge in [0, 0.05) is 24.6 Å². The smallest absolute Gasteiger partial charge is 0.157 e. The van der Waals surface area contributed by atoms with Crippen LogP contribution in [0.25, 0.3) is 17.0 Å². The Morgan fingerprint density at radius 1 is 1.22 bits per heavy atom. The fourth-order valence-electron chi connectivity index (χ4n) is 3.75. The molecular formula is C20H24N6O. The van der Waals surface area contributed by atoms with Crippen LogP contribution in [0.2, 0.25) is 0 Å². The molecule has 1 aliphatic heterocycles. The van der Waals surface area contributed by atoms with Crippen LogP contribution in [0.5, 0.6) is 5.75 Å². The van der Waals surface area contributed by atoms with E-state index in [0.29, 0.717) is 12.0 Å². The Balaban J connectivity index is 1.56. The Morgan fingerprint density at radius 3 is 2.85 bits per heavy atom. The summed E-state index contributed by atoms with van der Waals surface area (Å²) in [5, 5.41) is 11.8. The second-order valence-corrected chi connectivity index (χ2v) is 7.53. The van der Waals surface area contributed by atoms with Crippen LogP contribution >= 0.6 is 0 Å². The van der Waals surface area contributed by atoms with Crippen molar-refractivity contribution in [1.82, 2.24) is 24.9 Å². The van der Waals surface area contributed by atoms with Crippen molar-refractivity contribution in [3.8, 4) is 17.1 Å². The Morgan fingerprint density at radius 2 is 2.11 bits per heavy atom. The molecule has 27 heavy (non-hydrogen) atoms. The molecule has 2 fully saturated rings. The van der Waals surface area contributed by atoms with Crippen molar-refractivity contribution in [2.45, 2.75) is 38.1 Å². The standard InChI is InChI=1S/C20H24N6O/c1-12-7-15(24-18(8-12)23-14-5-6-21-10-14)16-11-22-19-9-17(27-2)20(13-3-4-13)25-26(16)19/h7-9,11,13-14,21H,3-6,10H2,1-2H3,(H,23,24). The highest BCUT2D eigenvalue weighted by Gasteiger charge is 2.29. The van der Waals surface area contributed by atoms with Crippen LogP contribution in [0.1, 0.15) is 36.4 Å². The minimum atomic E-state index is 0.429. The first-order chi connectivity index (χ1) is 13.2. The average Bonchev–Trinajstić information content (AvgIpc) is 3.22. The van der Waals surface area contributed by atoms with E-state index in [9.17, 15) is 0 Å². The molecule has 1 atom stereocenters. The molecule has 3 aromatic heterocycles. The molecule has 0 aromatic carbocycles. The highest BCUT2D eigenvalue weighted by atomic mass is 16.5. The number of hydrogen-bond acceptors (Lipinski definition) is 6. The third kappa shape index (κ3) is 3.12. The van der Waals surface area contributed by atoms with Crippen molar-refractivity contribution in [3.05, 3.63) is 35.7 Å². The highest BCUT2D eigenvalue weighted by molar-refractivity contribution is 5.63. The number of hydrogen-bond donors (Lipinski definition) is 2. The van der Waals surface area contributed by atoms with Crippen LogP contribution in [-0.2, 0) is 0 Å². The Hall–Kier alpha value is -2.67. The average molecular weight is 364 g/mol. The topological polar surface area (TPSA) is 76.4 Å². The summed E-state index contributed by atoms with van der Waals surface area (Å²) in [5.41, 5.74) is 4.76. The zero-order chi connectivity index (χ0) is 18.4. The van der Waals surface area contributed by atoms with Gasteiger partial charge in [-0.2, -0.15) is 5.10 Å². The van der Waals surface area contributed by atoms with Crippen LogP contribution in [0.4, 0.5) is 5.82 Å². The fraction of sp³-hybridized carbons (Fsp3) is 0.450. The molecule has 1 unspecified atom stereocenters. The number of aryl methyl sites for hydroxylation is 1. The number of nitrogens with zero attached hydrogens (tertiary/aromatic N) is 4. The van der Waals surface area contributed by atoms with Gasteiger partial charge in [-0.15, -0.1) is 0 Å². The first-order valence-corrected chi connectivity index (χ1v) is 9.60. The lowest BCUT2D eigenvalue weighted by Gasteiger charge is -2.14. The van der Waals surface area contributed by atoms with E-state index in [-0.39, 0.29) is 0 Å². The molecule has 2 aliphatic rings. The van der Waals surface area contributed by atoms with E-state index in [4.69, 9.17) is 14.8 Å². The largest absolute Gasteiger partial charge is 0.495 e. The summed E-state index contributed by atoms with van der Waals surface area (Å²) >= 11 is 0. The number of imidazole rings is 1. The maximum atomic E-state index is 5.53. The number of methoxy groups -OCH3 is 1. The SMILES string of the molecule is COc1cc2ncc(-c3cc(C)cc(NC4CCNC4)n3)n2nc1C1CC1. The summed E-state index contributed by atoms with van der Waals surface area (Å²) in [6.45, 7) is 4.13. The number of fused-ring (bicyclic) bond motifs is 1. The predicted octanol–water partition coefficient (Wildman–Crippen LogP) is 2.76. The minimum absolute atomic E-state index is 0.429. The number of pyridine rings is 1. The maximum Gasteiger partial charge on any atom is 0.157 e. The molecule has 1 saturated heterocycles. The van der Waals surface area contributed by atoms with Crippen molar-refractivity contribution < 1.29 is 4.74 Å². The molecule has 2 N–H and O–H groups in total. The van der Waals surface area contributed by atoms with E-state index in [1.807, 2.05) is 16.8 Å². The van der Waals surface area contributed by atoms with E-state index in [1.165, 1.54) is 18.4 Å². The van der Waals surface area contributed by atoms with E-state index < -0.39 is 0 Å². The normalized spacial score (nSPS) is 19.6. The molecule has 140 valence electrons. The third-order valence-electron chi connectivity index (χ3n) is 5.31. The summed E-state index contributed by atoms with van der Waals surface area (Å²) in [7, 11) is 1.70. The van der Waals surface area contributed by atoms with E-state index in [1.54, 1.807) is 7.11 Å². The molecule has 7 heteroatoms. The van der Waals surface area contributed by atoms with Crippen molar-refractivity contribution >= 4 is 11.5 Å². The van der Waals surface area contributed by atoms with E-state index in [0.717, 1.165) is 53.8 Å². The third-order valence-corrected chi connectivity index (χ3v) is 5.31. The van der Waals surface area contributed by atoms with Gasteiger partial charge in [-0.25, -0.2) is 14.5 Å². The second kappa shape index (κ2) is 6.49. The number of aromatic nitrogens is 4. The van der Waals surface area contributed by atoms with Gasteiger partial charge in [0.25, 0.3) is 0 Å². The van der Waals surface area contributed by atoms with Crippen molar-refractivity contribution in [2.24, 2.45) is 0 Å². The molecule has 1 saturated carbocycles. The van der Waals surface area contributed by atoms with Gasteiger partial charge in [0.2, 0.25) is 0 Å². The van der Waals surface area contributed by atoms with Crippen LogP contribution in [-0.4, -0.2) is 45.8 Å². The Bertz CT molecular complexity index is 988. The van der Waals surface area contributed by atoms with Crippen molar-refractivity contribution in [1.29, 1.82) is 0 Å². The van der Waals surface area contributed by atoms with Gasteiger partial charge in [-0.1, -0.05) is 0 Å². The molecule has 3 aromatic rings. The Labute approximate surface area is 158 Å². The number of ether oxygens (including phenoxy) is 1. The summed E-state index contributed by atoms with van der Waals surface area (Å²) in [4.78, 5) is 9.39. The molecular weight excluding hydrogens is 340 g/mol. The molecule has 0 amide bonds. The monoisotopic (exact) mass is 364 g/mol. The van der Waals surface area contributed by atoms with Crippen molar-refractivity contribution in [2.75, 3.05) is 25.5 Å². The number of nitrogens with one attached hydrogen (secondary N) is 2. The van der Waals surface area contributed by atoms with Gasteiger partial charge in [0.15, 0.2) is 5.65 Å². The molecule has 7 nitrogen and oxygen atoms in total. The minimum Gasteiger partial charge on any atom is -0.495 e. The molecule has 5 rings (SSSR count). The lowest BCUT2D eigenvalue weighted by Crippen LogP contribution is -2.22. The first-order valence-electron chi connectivity index (χ1n) is 9.60.